The van der Waals surface area contributed by atoms with Crippen molar-refractivity contribution in [3.63, 3.8) is 0 Å². The van der Waals surface area contributed by atoms with Crippen molar-refractivity contribution in [1.29, 1.82) is 0 Å². The monoisotopic (exact) mass is 310 g/mol. The van der Waals surface area contributed by atoms with Gasteiger partial charge in [-0.1, -0.05) is 30.6 Å². The van der Waals surface area contributed by atoms with E-state index in [1.807, 2.05) is 11.8 Å². The van der Waals surface area contributed by atoms with Crippen molar-refractivity contribution in [2.24, 2.45) is 0 Å². The number of rotatable bonds is 4. The van der Waals surface area contributed by atoms with Crippen molar-refractivity contribution < 1.29 is 4.39 Å². The number of benzene rings is 1. The Kier molecular flexibility index (Phi) is 4.17. The molecule has 5 heteroatoms. The normalized spacial score (nSPS) is 18.3. The summed E-state index contributed by atoms with van der Waals surface area (Å²) in [5, 5.41) is 4.39. The van der Waals surface area contributed by atoms with Gasteiger partial charge in [0.1, 0.15) is 5.82 Å². The molecule has 2 nitrogen and oxygen atoms in total. The number of hydrogen-bond donors (Lipinski definition) is 1. The SMILES string of the molecule is CSC1(CNc2nc3cc(F)ccc3s2)CCCCC1. The highest BCUT2D eigenvalue weighted by molar-refractivity contribution is 8.00. The van der Waals surface area contributed by atoms with Crippen LogP contribution in [0, 0.1) is 5.82 Å². The molecular weight excluding hydrogens is 291 g/mol. The van der Waals surface area contributed by atoms with Gasteiger partial charge in [0.2, 0.25) is 0 Å². The summed E-state index contributed by atoms with van der Waals surface area (Å²) in [4.78, 5) is 4.48. The Morgan fingerprint density at radius 3 is 2.90 bits per heavy atom. The van der Waals surface area contributed by atoms with Gasteiger partial charge in [0.05, 0.1) is 10.2 Å². The summed E-state index contributed by atoms with van der Waals surface area (Å²) >= 11 is 3.58. The van der Waals surface area contributed by atoms with Crippen LogP contribution in [-0.2, 0) is 0 Å². The van der Waals surface area contributed by atoms with Gasteiger partial charge in [-0.2, -0.15) is 11.8 Å². The third-order valence-corrected chi connectivity index (χ3v) is 6.52. The van der Waals surface area contributed by atoms with Crippen LogP contribution < -0.4 is 5.32 Å². The second kappa shape index (κ2) is 5.90. The smallest absolute Gasteiger partial charge is 0.183 e. The Hall–Kier alpha value is -0.810. The molecule has 1 aliphatic carbocycles. The molecule has 1 aliphatic rings. The first-order chi connectivity index (χ1) is 9.71. The van der Waals surface area contributed by atoms with Gasteiger partial charge in [-0.15, -0.1) is 0 Å². The van der Waals surface area contributed by atoms with Gasteiger partial charge in [-0.25, -0.2) is 9.37 Å². The Labute approximate surface area is 127 Å². The van der Waals surface area contributed by atoms with E-state index in [9.17, 15) is 4.39 Å². The molecule has 1 N–H and O–H groups in total. The third-order valence-electron chi connectivity index (χ3n) is 4.11. The number of thiazole rings is 1. The molecule has 3 rings (SSSR count). The van der Waals surface area contributed by atoms with Crippen LogP contribution in [0.2, 0.25) is 0 Å². The Bertz CT molecular complexity index is 591. The maximum atomic E-state index is 13.2. The van der Waals surface area contributed by atoms with E-state index in [0.717, 1.165) is 21.9 Å². The third kappa shape index (κ3) is 2.93. The fourth-order valence-corrected chi connectivity index (χ4v) is 4.62. The van der Waals surface area contributed by atoms with E-state index in [4.69, 9.17) is 0 Å². The zero-order valence-corrected chi connectivity index (χ0v) is 13.2. The highest BCUT2D eigenvalue weighted by Gasteiger charge is 2.31. The second-order valence-electron chi connectivity index (χ2n) is 5.43. The second-order valence-corrected chi connectivity index (χ2v) is 7.74. The van der Waals surface area contributed by atoms with E-state index >= 15 is 0 Å². The van der Waals surface area contributed by atoms with Crippen molar-refractivity contribution in [3.05, 3.63) is 24.0 Å². The molecule has 0 unspecified atom stereocenters. The van der Waals surface area contributed by atoms with E-state index in [1.54, 1.807) is 17.4 Å². The molecule has 1 aromatic carbocycles. The molecule has 1 heterocycles. The minimum absolute atomic E-state index is 0.220. The lowest BCUT2D eigenvalue weighted by molar-refractivity contribution is 0.411. The summed E-state index contributed by atoms with van der Waals surface area (Å²) in [7, 11) is 0. The predicted octanol–water partition coefficient (Wildman–Crippen LogP) is 4.91. The molecular formula is C15H19FN2S2. The van der Waals surface area contributed by atoms with E-state index in [-0.39, 0.29) is 5.82 Å². The molecule has 0 spiro atoms. The first-order valence-electron chi connectivity index (χ1n) is 7.06. The maximum absolute atomic E-state index is 13.2. The van der Waals surface area contributed by atoms with Gasteiger partial charge in [-0.3, -0.25) is 0 Å². The van der Waals surface area contributed by atoms with E-state index < -0.39 is 0 Å². The summed E-state index contributed by atoms with van der Waals surface area (Å²) in [6.45, 7) is 0.955. The van der Waals surface area contributed by atoms with Crippen molar-refractivity contribution in [2.75, 3.05) is 18.1 Å². The summed E-state index contributed by atoms with van der Waals surface area (Å²) in [6, 6.07) is 4.80. The lowest BCUT2D eigenvalue weighted by atomic mass is 9.88. The molecule has 1 fully saturated rings. The summed E-state index contributed by atoms with van der Waals surface area (Å²) in [5.41, 5.74) is 0.749. The summed E-state index contributed by atoms with van der Waals surface area (Å²) < 4.78 is 14.6. The first kappa shape index (κ1) is 14.1. The largest absolute Gasteiger partial charge is 0.360 e. The molecule has 0 atom stereocenters. The van der Waals surface area contributed by atoms with E-state index in [0.29, 0.717) is 4.75 Å². The van der Waals surface area contributed by atoms with Gasteiger partial charge in [0.25, 0.3) is 0 Å². The van der Waals surface area contributed by atoms with Gasteiger partial charge in [0, 0.05) is 17.4 Å². The number of nitrogens with zero attached hydrogens (tertiary/aromatic N) is 1. The number of anilines is 1. The number of hydrogen-bond acceptors (Lipinski definition) is 4. The molecule has 0 radical (unpaired) electrons. The average Bonchev–Trinajstić information content (AvgIpc) is 2.88. The zero-order chi connectivity index (χ0) is 14.0. The van der Waals surface area contributed by atoms with Crippen LogP contribution in [0.4, 0.5) is 9.52 Å². The van der Waals surface area contributed by atoms with Crippen LogP contribution in [0.25, 0.3) is 10.2 Å². The Morgan fingerprint density at radius 2 is 2.15 bits per heavy atom. The van der Waals surface area contributed by atoms with Crippen molar-refractivity contribution >= 4 is 38.4 Å². The standard InChI is InChI=1S/C15H19FN2S2/c1-19-15(7-3-2-4-8-15)10-17-14-18-12-9-11(16)5-6-13(12)20-14/h5-6,9H,2-4,7-8,10H2,1H3,(H,17,18). The molecule has 0 aliphatic heterocycles. The molecule has 20 heavy (non-hydrogen) atoms. The Morgan fingerprint density at radius 1 is 1.35 bits per heavy atom. The minimum atomic E-state index is -0.220. The van der Waals surface area contributed by atoms with Crippen molar-refractivity contribution in [2.45, 2.75) is 36.9 Å². The van der Waals surface area contributed by atoms with Gasteiger partial charge in [-0.05, 0) is 31.2 Å². The topological polar surface area (TPSA) is 24.9 Å². The van der Waals surface area contributed by atoms with E-state index in [1.165, 1.54) is 44.2 Å². The van der Waals surface area contributed by atoms with Crippen LogP contribution in [0.15, 0.2) is 18.2 Å². The number of halogens is 1. The van der Waals surface area contributed by atoms with Gasteiger partial charge >= 0.3 is 0 Å². The molecule has 0 saturated heterocycles. The van der Waals surface area contributed by atoms with Gasteiger partial charge < -0.3 is 5.32 Å². The molecule has 0 bridgehead atoms. The maximum Gasteiger partial charge on any atom is 0.183 e. The molecule has 0 amide bonds. The first-order valence-corrected chi connectivity index (χ1v) is 9.10. The number of thioether (sulfide) groups is 1. The van der Waals surface area contributed by atoms with Crippen LogP contribution in [0.3, 0.4) is 0 Å². The quantitative estimate of drug-likeness (QED) is 0.868. The number of nitrogens with one attached hydrogen (secondary N) is 1. The summed E-state index contributed by atoms with van der Waals surface area (Å²) in [5.74, 6) is -0.220. The molecule has 108 valence electrons. The number of aromatic nitrogens is 1. The predicted molar refractivity (Wildman–Crippen MR) is 87.4 cm³/mol. The van der Waals surface area contributed by atoms with Crippen LogP contribution in [0.1, 0.15) is 32.1 Å². The molecule has 2 aromatic rings. The van der Waals surface area contributed by atoms with Crippen molar-refractivity contribution in [1.82, 2.24) is 4.98 Å². The van der Waals surface area contributed by atoms with Crippen molar-refractivity contribution in [3.8, 4) is 0 Å². The minimum Gasteiger partial charge on any atom is -0.360 e. The number of fused-ring (bicyclic) bond motifs is 1. The fraction of sp³-hybridized carbons (Fsp3) is 0.533. The average molecular weight is 310 g/mol. The lowest BCUT2D eigenvalue weighted by Gasteiger charge is -2.35. The van der Waals surface area contributed by atoms with Gasteiger partial charge in [0.15, 0.2) is 5.13 Å². The fourth-order valence-electron chi connectivity index (χ4n) is 2.86. The lowest BCUT2D eigenvalue weighted by Crippen LogP contribution is -2.35. The Balaban J connectivity index is 1.72. The van der Waals surface area contributed by atoms with Crippen LogP contribution in [-0.4, -0.2) is 22.5 Å². The zero-order valence-electron chi connectivity index (χ0n) is 11.6. The highest BCUT2D eigenvalue weighted by Crippen LogP contribution is 2.39. The molecule has 1 aromatic heterocycles. The van der Waals surface area contributed by atoms with Crippen LogP contribution in [0.5, 0.6) is 0 Å². The van der Waals surface area contributed by atoms with Crippen LogP contribution >= 0.6 is 23.1 Å². The molecule has 1 saturated carbocycles. The summed E-state index contributed by atoms with van der Waals surface area (Å²) in [6.07, 6.45) is 8.78. The van der Waals surface area contributed by atoms with E-state index in [2.05, 4.69) is 16.6 Å². The highest BCUT2D eigenvalue weighted by atomic mass is 32.2.